The van der Waals surface area contributed by atoms with Crippen molar-refractivity contribution in [3.05, 3.63) is 23.8 Å². The fourth-order valence-electron chi connectivity index (χ4n) is 2.84. The molecule has 1 aliphatic heterocycles. The number of hydrogen-bond acceptors (Lipinski definition) is 4. The quantitative estimate of drug-likeness (QED) is 0.809. The van der Waals surface area contributed by atoms with Crippen LogP contribution in [0.5, 0.6) is 5.75 Å². The molecule has 1 N–H and O–H groups in total. The van der Waals surface area contributed by atoms with Crippen molar-refractivity contribution in [1.29, 1.82) is 0 Å². The smallest absolute Gasteiger partial charge is 0.326 e. The second-order valence-corrected chi connectivity index (χ2v) is 6.21. The van der Waals surface area contributed by atoms with E-state index < -0.39 is 18.1 Å². The molecule has 0 aliphatic carbocycles. The Balaban J connectivity index is 2.60. The van der Waals surface area contributed by atoms with Crippen molar-refractivity contribution in [2.24, 2.45) is 5.92 Å². The molecule has 1 aliphatic rings. The maximum atomic E-state index is 12.8. The number of carboxylic acids is 1. The van der Waals surface area contributed by atoms with Gasteiger partial charge in [-0.1, -0.05) is 27.7 Å². The van der Waals surface area contributed by atoms with E-state index >= 15 is 0 Å². The average molecular weight is 333 g/mol. The van der Waals surface area contributed by atoms with Gasteiger partial charge in [0.25, 0.3) is 5.91 Å². The minimum Gasteiger partial charge on any atom is -0.480 e. The molecule has 0 saturated heterocycles. The number of hydrogen-bond donors (Lipinski definition) is 1. The van der Waals surface area contributed by atoms with Gasteiger partial charge in [-0.05, 0) is 30.5 Å². The van der Waals surface area contributed by atoms with E-state index in [0.29, 0.717) is 23.4 Å². The van der Waals surface area contributed by atoms with Crippen LogP contribution in [-0.4, -0.2) is 34.9 Å². The number of ketones is 1. The molecule has 0 fully saturated rings. The van der Waals surface area contributed by atoms with Gasteiger partial charge in [-0.2, -0.15) is 0 Å². The summed E-state index contributed by atoms with van der Waals surface area (Å²) in [6.07, 6.45) is -0.144. The van der Waals surface area contributed by atoms with Crippen molar-refractivity contribution < 1.29 is 24.2 Å². The Morgan fingerprint density at radius 2 is 1.96 bits per heavy atom. The third-order valence-corrected chi connectivity index (χ3v) is 4.19. The van der Waals surface area contributed by atoms with E-state index in [1.54, 1.807) is 32.0 Å². The zero-order valence-corrected chi connectivity index (χ0v) is 14.4. The Hall–Kier alpha value is -2.37. The first-order valence-electron chi connectivity index (χ1n) is 8.21. The minimum atomic E-state index is -1.08. The third-order valence-electron chi connectivity index (χ3n) is 4.19. The van der Waals surface area contributed by atoms with Crippen LogP contribution in [0.2, 0.25) is 0 Å². The molecule has 24 heavy (non-hydrogen) atoms. The molecule has 0 bridgehead atoms. The number of nitrogens with zero attached hydrogens (tertiary/aromatic N) is 1. The molecule has 1 aromatic carbocycles. The number of Topliss-reactive ketones (excluding diaryl/α,β-unsaturated/α-hetero) is 1. The predicted octanol–water partition coefficient (Wildman–Crippen LogP) is 2.89. The molecule has 1 heterocycles. The van der Waals surface area contributed by atoms with Crippen LogP contribution in [0.25, 0.3) is 0 Å². The van der Waals surface area contributed by atoms with Gasteiger partial charge in [-0.15, -0.1) is 0 Å². The Kier molecular flexibility index (Phi) is 5.26. The Labute approximate surface area is 141 Å². The van der Waals surface area contributed by atoms with Crippen molar-refractivity contribution in [2.75, 3.05) is 4.90 Å². The van der Waals surface area contributed by atoms with E-state index in [2.05, 4.69) is 0 Å². The Morgan fingerprint density at radius 1 is 1.29 bits per heavy atom. The molecule has 6 nitrogen and oxygen atoms in total. The van der Waals surface area contributed by atoms with Crippen LogP contribution in [0.1, 0.15) is 50.9 Å². The summed E-state index contributed by atoms with van der Waals surface area (Å²) >= 11 is 0. The number of amides is 1. The first-order chi connectivity index (χ1) is 11.3. The highest BCUT2D eigenvalue weighted by Gasteiger charge is 2.41. The fourth-order valence-corrected chi connectivity index (χ4v) is 2.84. The van der Waals surface area contributed by atoms with Gasteiger partial charge in [0, 0.05) is 12.0 Å². The number of ether oxygens (including phenoxy) is 1. The lowest BCUT2D eigenvalue weighted by atomic mass is 9.99. The minimum absolute atomic E-state index is 0.0699. The molecular weight excluding hydrogens is 310 g/mol. The maximum Gasteiger partial charge on any atom is 0.326 e. The van der Waals surface area contributed by atoms with E-state index in [4.69, 9.17) is 4.74 Å². The molecule has 6 heteroatoms. The fraction of sp³-hybridized carbons (Fsp3) is 0.500. The van der Waals surface area contributed by atoms with Crippen LogP contribution in [0.15, 0.2) is 18.2 Å². The molecule has 1 amide bonds. The van der Waals surface area contributed by atoms with E-state index in [-0.39, 0.29) is 24.0 Å². The van der Waals surface area contributed by atoms with Gasteiger partial charge >= 0.3 is 5.97 Å². The van der Waals surface area contributed by atoms with Crippen LogP contribution in [0.4, 0.5) is 5.69 Å². The summed E-state index contributed by atoms with van der Waals surface area (Å²) in [5.74, 6) is -1.20. The van der Waals surface area contributed by atoms with Crippen LogP contribution in [-0.2, 0) is 9.59 Å². The number of benzene rings is 1. The monoisotopic (exact) mass is 333 g/mol. The normalized spacial score (nSPS) is 18.1. The van der Waals surface area contributed by atoms with Gasteiger partial charge in [0.2, 0.25) is 0 Å². The molecule has 0 aromatic heterocycles. The second kappa shape index (κ2) is 7.03. The largest absolute Gasteiger partial charge is 0.480 e. The Morgan fingerprint density at radius 3 is 2.46 bits per heavy atom. The first-order valence-corrected chi connectivity index (χ1v) is 8.21. The molecule has 0 radical (unpaired) electrons. The van der Waals surface area contributed by atoms with Crippen molar-refractivity contribution in [1.82, 2.24) is 0 Å². The highest BCUT2D eigenvalue weighted by atomic mass is 16.5. The van der Waals surface area contributed by atoms with Crippen molar-refractivity contribution in [3.8, 4) is 5.75 Å². The van der Waals surface area contributed by atoms with Crippen LogP contribution in [0, 0.1) is 5.92 Å². The van der Waals surface area contributed by atoms with E-state index in [1.165, 1.54) is 4.90 Å². The number of rotatable bonds is 6. The summed E-state index contributed by atoms with van der Waals surface area (Å²) in [4.78, 5) is 37.7. The SMILES string of the molecule is CCC(=O)c1ccc2c(c1)N(C(CC)C(=O)O)C(=O)C(C(C)C)O2. The Bertz CT molecular complexity index is 667. The molecule has 0 spiro atoms. The van der Waals surface area contributed by atoms with Crippen LogP contribution < -0.4 is 9.64 Å². The van der Waals surface area contributed by atoms with E-state index in [1.807, 2.05) is 13.8 Å². The number of aliphatic carboxylic acids is 1. The maximum absolute atomic E-state index is 12.8. The lowest BCUT2D eigenvalue weighted by Crippen LogP contribution is -2.54. The van der Waals surface area contributed by atoms with E-state index in [9.17, 15) is 19.5 Å². The highest BCUT2D eigenvalue weighted by molar-refractivity contribution is 6.06. The van der Waals surface area contributed by atoms with Gasteiger partial charge in [0.1, 0.15) is 11.8 Å². The topological polar surface area (TPSA) is 83.9 Å². The molecule has 2 rings (SSSR count). The number of anilines is 1. The number of carbonyl (C=O) groups excluding carboxylic acids is 2. The zero-order valence-electron chi connectivity index (χ0n) is 14.4. The zero-order chi connectivity index (χ0) is 18.0. The predicted molar refractivity (Wildman–Crippen MR) is 89.5 cm³/mol. The average Bonchev–Trinajstić information content (AvgIpc) is 2.55. The number of carboxylic acid groups (broad SMARTS) is 1. The number of fused-ring (bicyclic) bond motifs is 1. The molecule has 1 aromatic rings. The lowest BCUT2D eigenvalue weighted by molar-refractivity contribution is -0.141. The van der Waals surface area contributed by atoms with E-state index in [0.717, 1.165) is 0 Å². The van der Waals surface area contributed by atoms with Gasteiger partial charge in [0.05, 0.1) is 5.69 Å². The second-order valence-electron chi connectivity index (χ2n) is 6.21. The summed E-state index contributed by atoms with van der Waals surface area (Å²) in [6.45, 7) is 7.17. The van der Waals surface area contributed by atoms with Gasteiger partial charge < -0.3 is 9.84 Å². The lowest BCUT2D eigenvalue weighted by Gasteiger charge is -2.38. The van der Waals surface area contributed by atoms with Crippen molar-refractivity contribution in [2.45, 2.75) is 52.7 Å². The van der Waals surface area contributed by atoms with Crippen LogP contribution >= 0.6 is 0 Å². The van der Waals surface area contributed by atoms with Gasteiger partial charge in [-0.25, -0.2) is 4.79 Å². The highest BCUT2D eigenvalue weighted by Crippen LogP contribution is 2.38. The molecule has 0 saturated carbocycles. The standard InChI is InChI=1S/C18H23NO5/c1-5-12(18(22)23)19-13-9-11(14(20)6-2)7-8-15(13)24-16(10(3)4)17(19)21/h7-10,12,16H,5-6H2,1-4H3,(H,22,23). The summed E-state index contributed by atoms with van der Waals surface area (Å²) in [6, 6.07) is 3.86. The molecule has 2 atom stereocenters. The summed E-state index contributed by atoms with van der Waals surface area (Å²) in [7, 11) is 0. The molecule has 130 valence electrons. The molecular formula is C18H23NO5. The van der Waals surface area contributed by atoms with Gasteiger partial charge in [-0.3, -0.25) is 14.5 Å². The van der Waals surface area contributed by atoms with Crippen LogP contribution in [0.3, 0.4) is 0 Å². The van der Waals surface area contributed by atoms with Crippen molar-refractivity contribution in [3.63, 3.8) is 0 Å². The number of carbonyl (C=O) groups is 3. The summed E-state index contributed by atoms with van der Waals surface area (Å²) < 4.78 is 5.78. The third kappa shape index (κ3) is 3.13. The summed E-state index contributed by atoms with van der Waals surface area (Å²) in [5.41, 5.74) is 0.798. The molecule has 2 unspecified atom stereocenters. The first kappa shape index (κ1) is 18.0. The summed E-state index contributed by atoms with van der Waals surface area (Å²) in [5, 5.41) is 9.52. The van der Waals surface area contributed by atoms with Gasteiger partial charge in [0.15, 0.2) is 11.9 Å². The van der Waals surface area contributed by atoms with Crippen molar-refractivity contribution >= 4 is 23.3 Å².